The number of alkyl halides is 3. The topological polar surface area (TPSA) is 33.2 Å². The van der Waals surface area contributed by atoms with Gasteiger partial charge in [0.05, 0.1) is 5.56 Å². The summed E-state index contributed by atoms with van der Waals surface area (Å²) in [5, 5.41) is 0. The van der Waals surface area contributed by atoms with Crippen LogP contribution in [0.2, 0.25) is 0 Å². The number of carbonyl (C=O) groups excluding carboxylic acids is 1. The first kappa shape index (κ1) is 11.5. The Morgan fingerprint density at radius 2 is 2.11 bits per heavy atom. The third kappa shape index (κ3) is 1.85. The van der Waals surface area contributed by atoms with Crippen molar-refractivity contribution in [1.29, 1.82) is 0 Å². The van der Waals surface area contributed by atoms with Crippen molar-refractivity contribution in [2.45, 2.75) is 25.4 Å². The first-order valence-electron chi connectivity index (χ1n) is 5.84. The molecule has 0 saturated heterocycles. The molecule has 0 unspecified atom stereocenters. The Morgan fingerprint density at radius 1 is 1.39 bits per heavy atom. The van der Waals surface area contributed by atoms with Crippen LogP contribution in [-0.2, 0) is 17.4 Å². The van der Waals surface area contributed by atoms with Gasteiger partial charge in [0.25, 0.3) is 0 Å². The molecule has 0 radical (unpaired) electrons. The van der Waals surface area contributed by atoms with Gasteiger partial charge in [-0.2, -0.15) is 13.2 Å². The second-order valence-corrected chi connectivity index (χ2v) is 4.72. The minimum atomic E-state index is -4.38. The molecule has 18 heavy (non-hydrogen) atoms. The lowest BCUT2D eigenvalue weighted by Gasteiger charge is -2.16. The Balaban J connectivity index is 1.91. The molecule has 0 N–H and O–H groups in total. The molecule has 2 heterocycles. The van der Waals surface area contributed by atoms with E-state index < -0.39 is 11.7 Å². The van der Waals surface area contributed by atoms with Gasteiger partial charge in [0.15, 0.2) is 0 Å². The van der Waals surface area contributed by atoms with Crippen molar-refractivity contribution in [3.05, 3.63) is 23.4 Å². The van der Waals surface area contributed by atoms with Crippen LogP contribution in [0.1, 0.15) is 24.0 Å². The molecule has 1 aromatic heterocycles. The molecule has 1 aliphatic heterocycles. The predicted molar refractivity (Wildman–Crippen MR) is 58.0 cm³/mol. The molecule has 1 aromatic rings. The molecule has 3 rings (SSSR count). The minimum Gasteiger partial charge on any atom is -0.296 e. The van der Waals surface area contributed by atoms with Crippen LogP contribution in [0.25, 0.3) is 0 Å². The highest BCUT2D eigenvalue weighted by molar-refractivity contribution is 5.97. The van der Waals surface area contributed by atoms with E-state index in [0.717, 1.165) is 25.1 Å². The zero-order valence-corrected chi connectivity index (χ0v) is 9.50. The maximum absolute atomic E-state index is 12.5. The highest BCUT2D eigenvalue weighted by Gasteiger charge is 2.38. The highest BCUT2D eigenvalue weighted by Crippen LogP contribution is 2.37. The van der Waals surface area contributed by atoms with Crippen molar-refractivity contribution in [3.8, 4) is 0 Å². The zero-order valence-electron chi connectivity index (χ0n) is 9.50. The van der Waals surface area contributed by atoms with Crippen molar-refractivity contribution >= 4 is 11.7 Å². The molecule has 2 aliphatic rings. The quantitative estimate of drug-likeness (QED) is 0.773. The van der Waals surface area contributed by atoms with Crippen LogP contribution in [0.4, 0.5) is 19.0 Å². The maximum Gasteiger partial charge on any atom is 0.417 e. The lowest BCUT2D eigenvalue weighted by atomic mass is 10.1. The first-order chi connectivity index (χ1) is 8.47. The van der Waals surface area contributed by atoms with E-state index in [1.807, 2.05) is 0 Å². The number of aromatic nitrogens is 1. The van der Waals surface area contributed by atoms with Crippen molar-refractivity contribution in [1.82, 2.24) is 4.98 Å². The number of nitrogens with zero attached hydrogens (tertiary/aromatic N) is 2. The summed E-state index contributed by atoms with van der Waals surface area (Å²) in [7, 11) is 0. The average Bonchev–Trinajstić information content (AvgIpc) is 3.06. The number of carbonyl (C=O) groups is 1. The summed E-state index contributed by atoms with van der Waals surface area (Å²) in [6.07, 6.45) is -1.37. The molecule has 3 nitrogen and oxygen atoms in total. The number of anilines is 1. The van der Waals surface area contributed by atoms with E-state index in [1.54, 1.807) is 0 Å². The summed E-state index contributed by atoms with van der Waals surface area (Å²) in [5.41, 5.74) is -0.235. The van der Waals surface area contributed by atoms with Crippen molar-refractivity contribution in [2.24, 2.45) is 5.92 Å². The second kappa shape index (κ2) is 3.70. The zero-order chi connectivity index (χ0) is 12.9. The van der Waals surface area contributed by atoms with Gasteiger partial charge in [0, 0.05) is 18.7 Å². The Morgan fingerprint density at radius 3 is 2.72 bits per heavy atom. The number of hydrogen-bond acceptors (Lipinski definition) is 2. The van der Waals surface area contributed by atoms with Gasteiger partial charge in [-0.05, 0) is 30.9 Å². The summed E-state index contributed by atoms with van der Waals surface area (Å²) >= 11 is 0. The molecule has 1 saturated carbocycles. The van der Waals surface area contributed by atoms with Gasteiger partial charge in [-0.3, -0.25) is 9.69 Å². The van der Waals surface area contributed by atoms with Crippen LogP contribution in [0.5, 0.6) is 0 Å². The van der Waals surface area contributed by atoms with Gasteiger partial charge in [0.1, 0.15) is 5.82 Å². The molecule has 1 amide bonds. The van der Waals surface area contributed by atoms with E-state index in [2.05, 4.69) is 4.98 Å². The van der Waals surface area contributed by atoms with Gasteiger partial charge in [-0.15, -0.1) is 0 Å². The summed E-state index contributed by atoms with van der Waals surface area (Å²) in [6, 6.07) is 1.10. The third-order valence-electron chi connectivity index (χ3n) is 3.32. The summed E-state index contributed by atoms with van der Waals surface area (Å²) in [4.78, 5) is 17.3. The smallest absolute Gasteiger partial charge is 0.296 e. The van der Waals surface area contributed by atoms with Crippen LogP contribution in [0.3, 0.4) is 0 Å². The van der Waals surface area contributed by atoms with Crippen LogP contribution in [0, 0.1) is 5.92 Å². The molecular formula is C12H11F3N2O. The SMILES string of the molecule is O=C(C1CC1)N1CCc2cc(C(F)(F)F)cnc21. The summed E-state index contributed by atoms with van der Waals surface area (Å²) in [6.45, 7) is 0.443. The normalized spacial score (nSPS) is 18.9. The molecule has 0 atom stereocenters. The van der Waals surface area contributed by atoms with E-state index in [9.17, 15) is 18.0 Å². The lowest BCUT2D eigenvalue weighted by molar-refractivity contribution is -0.137. The molecule has 0 spiro atoms. The monoisotopic (exact) mass is 256 g/mol. The number of rotatable bonds is 1. The molecule has 1 aliphatic carbocycles. The van der Waals surface area contributed by atoms with E-state index in [-0.39, 0.29) is 11.8 Å². The van der Waals surface area contributed by atoms with E-state index in [4.69, 9.17) is 0 Å². The molecule has 0 bridgehead atoms. The van der Waals surface area contributed by atoms with E-state index >= 15 is 0 Å². The third-order valence-corrected chi connectivity index (χ3v) is 3.32. The van der Waals surface area contributed by atoms with Gasteiger partial charge < -0.3 is 0 Å². The Hall–Kier alpha value is -1.59. The molecule has 96 valence electrons. The lowest BCUT2D eigenvalue weighted by Crippen LogP contribution is -2.30. The van der Waals surface area contributed by atoms with Crippen molar-refractivity contribution in [2.75, 3.05) is 11.4 Å². The number of halogens is 3. The Bertz CT molecular complexity index is 509. The summed E-state index contributed by atoms with van der Waals surface area (Å²) in [5.74, 6) is 0.459. The Labute approximate surface area is 102 Å². The maximum atomic E-state index is 12.5. The van der Waals surface area contributed by atoms with Crippen LogP contribution >= 0.6 is 0 Å². The van der Waals surface area contributed by atoms with Crippen LogP contribution < -0.4 is 4.90 Å². The van der Waals surface area contributed by atoms with E-state index in [0.29, 0.717) is 24.3 Å². The largest absolute Gasteiger partial charge is 0.417 e. The Kier molecular flexibility index (Phi) is 2.36. The van der Waals surface area contributed by atoms with E-state index in [1.165, 1.54) is 4.90 Å². The van der Waals surface area contributed by atoms with Crippen LogP contribution in [0.15, 0.2) is 12.3 Å². The average molecular weight is 256 g/mol. The second-order valence-electron chi connectivity index (χ2n) is 4.72. The van der Waals surface area contributed by atoms with Gasteiger partial charge in [-0.25, -0.2) is 4.98 Å². The highest BCUT2D eigenvalue weighted by atomic mass is 19.4. The fourth-order valence-electron chi connectivity index (χ4n) is 2.19. The van der Waals surface area contributed by atoms with Crippen LogP contribution in [-0.4, -0.2) is 17.4 Å². The first-order valence-corrected chi connectivity index (χ1v) is 5.84. The molecule has 1 fully saturated rings. The van der Waals surface area contributed by atoms with Gasteiger partial charge in [-0.1, -0.05) is 0 Å². The molecule has 6 heteroatoms. The number of fused-ring (bicyclic) bond motifs is 1. The standard InChI is InChI=1S/C12H11F3N2O/c13-12(14,15)9-5-8-3-4-17(10(8)16-6-9)11(18)7-1-2-7/h5-7H,1-4H2. The molecule has 0 aromatic carbocycles. The predicted octanol–water partition coefficient (Wildman–Crippen LogP) is 2.40. The van der Waals surface area contributed by atoms with Crippen molar-refractivity contribution < 1.29 is 18.0 Å². The number of hydrogen-bond donors (Lipinski definition) is 0. The number of amides is 1. The fraction of sp³-hybridized carbons (Fsp3) is 0.500. The van der Waals surface area contributed by atoms with Gasteiger partial charge in [0.2, 0.25) is 5.91 Å². The van der Waals surface area contributed by atoms with Crippen molar-refractivity contribution in [3.63, 3.8) is 0 Å². The number of pyridine rings is 1. The van der Waals surface area contributed by atoms with Gasteiger partial charge >= 0.3 is 6.18 Å². The summed E-state index contributed by atoms with van der Waals surface area (Å²) < 4.78 is 37.6. The fourth-order valence-corrected chi connectivity index (χ4v) is 2.19. The molecular weight excluding hydrogens is 245 g/mol. The minimum absolute atomic E-state index is 0.000934.